The van der Waals surface area contributed by atoms with Gasteiger partial charge >= 0.3 is 0 Å². The van der Waals surface area contributed by atoms with Gasteiger partial charge in [0.25, 0.3) is 0 Å². The van der Waals surface area contributed by atoms with Gasteiger partial charge in [-0.25, -0.2) is 0 Å². The molecular formula is C12H19NOS. The van der Waals surface area contributed by atoms with Gasteiger partial charge in [-0.15, -0.1) is 0 Å². The van der Waals surface area contributed by atoms with Crippen LogP contribution in [0.25, 0.3) is 0 Å². The summed E-state index contributed by atoms with van der Waals surface area (Å²) in [6.45, 7) is 0.950. The van der Waals surface area contributed by atoms with Gasteiger partial charge in [0.2, 0.25) is 0 Å². The van der Waals surface area contributed by atoms with Crippen LogP contribution >= 0.6 is 11.8 Å². The number of hydrogen-bond acceptors (Lipinski definition) is 3. The maximum Gasteiger partial charge on any atom is 0.0947 e. The van der Waals surface area contributed by atoms with Crippen LogP contribution in [0.15, 0.2) is 23.0 Å². The smallest absolute Gasteiger partial charge is 0.0947 e. The van der Waals surface area contributed by atoms with Crippen molar-refractivity contribution in [2.24, 2.45) is 0 Å². The molecule has 1 aromatic rings. The topological polar surface area (TPSA) is 25.2 Å². The molecule has 3 heteroatoms. The second kappa shape index (κ2) is 5.61. The predicted octanol–water partition coefficient (Wildman–Crippen LogP) is 3.04. The maximum absolute atomic E-state index is 5.05. The first-order valence-electron chi connectivity index (χ1n) is 5.65. The SMILES string of the molecule is CSC1CCC(NCc2ccoc2)CC1. The predicted molar refractivity (Wildman–Crippen MR) is 65.1 cm³/mol. The molecule has 1 aliphatic carbocycles. The Morgan fingerprint density at radius 2 is 2.20 bits per heavy atom. The van der Waals surface area contributed by atoms with Crippen molar-refractivity contribution >= 4 is 11.8 Å². The number of nitrogens with one attached hydrogen (secondary N) is 1. The largest absolute Gasteiger partial charge is 0.472 e. The van der Waals surface area contributed by atoms with Crippen molar-refractivity contribution in [1.29, 1.82) is 0 Å². The van der Waals surface area contributed by atoms with Crippen LogP contribution in [0.1, 0.15) is 31.2 Å². The van der Waals surface area contributed by atoms with E-state index in [1.807, 2.05) is 24.1 Å². The number of furan rings is 1. The lowest BCUT2D eigenvalue weighted by Gasteiger charge is -2.28. The van der Waals surface area contributed by atoms with Gasteiger partial charge in [-0.3, -0.25) is 0 Å². The lowest BCUT2D eigenvalue weighted by atomic mass is 9.95. The Morgan fingerprint density at radius 1 is 1.40 bits per heavy atom. The first-order chi connectivity index (χ1) is 7.38. The van der Waals surface area contributed by atoms with Gasteiger partial charge in [-0.2, -0.15) is 11.8 Å². The Kier molecular flexibility index (Phi) is 4.15. The molecule has 1 saturated carbocycles. The fraction of sp³-hybridized carbons (Fsp3) is 0.667. The first-order valence-corrected chi connectivity index (χ1v) is 6.94. The molecule has 0 saturated heterocycles. The highest BCUT2D eigenvalue weighted by molar-refractivity contribution is 7.99. The van der Waals surface area contributed by atoms with Gasteiger partial charge in [-0.05, 0) is 38.0 Å². The number of thioether (sulfide) groups is 1. The third kappa shape index (κ3) is 3.28. The zero-order valence-electron chi connectivity index (χ0n) is 9.24. The summed E-state index contributed by atoms with van der Waals surface area (Å²) in [6.07, 6.45) is 11.2. The van der Waals surface area contributed by atoms with E-state index in [0.29, 0.717) is 6.04 Å². The lowest BCUT2D eigenvalue weighted by molar-refractivity contribution is 0.378. The van der Waals surface area contributed by atoms with E-state index in [4.69, 9.17) is 4.42 Å². The van der Waals surface area contributed by atoms with Gasteiger partial charge in [0.15, 0.2) is 0 Å². The third-order valence-corrected chi connectivity index (χ3v) is 4.32. The van der Waals surface area contributed by atoms with Gasteiger partial charge in [0.05, 0.1) is 12.5 Å². The summed E-state index contributed by atoms with van der Waals surface area (Å²) in [5.41, 5.74) is 1.25. The molecule has 0 bridgehead atoms. The van der Waals surface area contributed by atoms with Gasteiger partial charge in [-0.1, -0.05) is 0 Å². The zero-order valence-corrected chi connectivity index (χ0v) is 10.1. The van der Waals surface area contributed by atoms with Crippen molar-refractivity contribution in [2.45, 2.75) is 43.5 Å². The summed E-state index contributed by atoms with van der Waals surface area (Å²) in [4.78, 5) is 0. The van der Waals surface area contributed by atoms with Gasteiger partial charge in [0.1, 0.15) is 0 Å². The normalized spacial score (nSPS) is 26.7. The molecule has 0 aromatic carbocycles. The third-order valence-electron chi connectivity index (χ3n) is 3.18. The Hall–Kier alpha value is -0.410. The zero-order chi connectivity index (χ0) is 10.5. The first kappa shape index (κ1) is 11.1. The van der Waals surface area contributed by atoms with Crippen molar-refractivity contribution in [3.63, 3.8) is 0 Å². The van der Waals surface area contributed by atoms with Crippen molar-refractivity contribution in [2.75, 3.05) is 6.26 Å². The van der Waals surface area contributed by atoms with Crippen LogP contribution in [0.2, 0.25) is 0 Å². The molecule has 15 heavy (non-hydrogen) atoms. The van der Waals surface area contributed by atoms with E-state index in [0.717, 1.165) is 11.8 Å². The Labute approximate surface area is 95.8 Å². The molecule has 1 aliphatic rings. The van der Waals surface area contributed by atoms with Crippen molar-refractivity contribution in [3.05, 3.63) is 24.2 Å². The number of rotatable bonds is 4. The summed E-state index contributed by atoms with van der Waals surface area (Å²) >= 11 is 2.02. The maximum atomic E-state index is 5.05. The Morgan fingerprint density at radius 3 is 2.80 bits per heavy atom. The van der Waals surface area contributed by atoms with Gasteiger partial charge in [0, 0.05) is 23.4 Å². The summed E-state index contributed by atoms with van der Waals surface area (Å²) < 4.78 is 5.05. The molecule has 2 rings (SSSR count). The van der Waals surface area contributed by atoms with Gasteiger partial charge < -0.3 is 9.73 Å². The minimum atomic E-state index is 0.711. The van der Waals surface area contributed by atoms with Crippen LogP contribution in [-0.4, -0.2) is 17.5 Å². The van der Waals surface area contributed by atoms with Crippen LogP contribution in [0.5, 0.6) is 0 Å². The van der Waals surface area contributed by atoms with Crippen molar-refractivity contribution in [1.82, 2.24) is 5.32 Å². The van der Waals surface area contributed by atoms with E-state index < -0.39 is 0 Å². The lowest BCUT2D eigenvalue weighted by Crippen LogP contribution is -2.33. The molecule has 1 heterocycles. The minimum absolute atomic E-state index is 0.711. The van der Waals surface area contributed by atoms with Crippen molar-refractivity contribution < 1.29 is 4.42 Å². The average Bonchev–Trinajstić information content (AvgIpc) is 2.80. The molecule has 0 radical (unpaired) electrons. The van der Waals surface area contributed by atoms with E-state index in [9.17, 15) is 0 Å². The molecular weight excluding hydrogens is 206 g/mol. The van der Waals surface area contributed by atoms with Crippen LogP contribution < -0.4 is 5.32 Å². The molecule has 1 aromatic heterocycles. The Bertz CT molecular complexity index is 265. The van der Waals surface area contributed by atoms with Crippen LogP contribution in [-0.2, 0) is 6.54 Å². The monoisotopic (exact) mass is 225 g/mol. The Balaban J connectivity index is 1.69. The fourth-order valence-electron chi connectivity index (χ4n) is 2.16. The van der Waals surface area contributed by atoms with E-state index in [1.165, 1.54) is 31.2 Å². The van der Waals surface area contributed by atoms with E-state index in [-0.39, 0.29) is 0 Å². The molecule has 1 fully saturated rings. The van der Waals surface area contributed by atoms with E-state index >= 15 is 0 Å². The molecule has 0 amide bonds. The molecule has 84 valence electrons. The highest BCUT2D eigenvalue weighted by Crippen LogP contribution is 2.26. The van der Waals surface area contributed by atoms with E-state index in [2.05, 4.69) is 11.6 Å². The quantitative estimate of drug-likeness (QED) is 0.852. The van der Waals surface area contributed by atoms with E-state index in [1.54, 1.807) is 6.26 Å². The standard InChI is InChI=1S/C12H19NOS/c1-15-12-4-2-11(3-5-12)13-8-10-6-7-14-9-10/h6-7,9,11-13H,2-5,8H2,1H3. The molecule has 1 N–H and O–H groups in total. The molecule has 0 aliphatic heterocycles. The minimum Gasteiger partial charge on any atom is -0.472 e. The molecule has 0 atom stereocenters. The van der Waals surface area contributed by atoms with Crippen LogP contribution in [0.3, 0.4) is 0 Å². The average molecular weight is 225 g/mol. The second-order valence-electron chi connectivity index (χ2n) is 4.22. The van der Waals surface area contributed by atoms with Crippen molar-refractivity contribution in [3.8, 4) is 0 Å². The summed E-state index contributed by atoms with van der Waals surface area (Å²) in [7, 11) is 0. The summed E-state index contributed by atoms with van der Waals surface area (Å²) in [5, 5.41) is 4.50. The highest BCUT2D eigenvalue weighted by atomic mass is 32.2. The highest BCUT2D eigenvalue weighted by Gasteiger charge is 2.19. The second-order valence-corrected chi connectivity index (χ2v) is 5.36. The molecule has 2 nitrogen and oxygen atoms in total. The summed E-state index contributed by atoms with van der Waals surface area (Å²) in [6, 6.07) is 2.74. The summed E-state index contributed by atoms with van der Waals surface area (Å²) in [5.74, 6) is 0. The molecule has 0 spiro atoms. The van der Waals surface area contributed by atoms with Crippen LogP contribution in [0, 0.1) is 0 Å². The molecule has 0 unspecified atom stereocenters. The van der Waals surface area contributed by atoms with Crippen LogP contribution in [0.4, 0.5) is 0 Å². The fourth-order valence-corrected chi connectivity index (χ4v) is 2.90. The number of hydrogen-bond donors (Lipinski definition) is 1.